The first-order valence-corrected chi connectivity index (χ1v) is 19.5. The predicted molar refractivity (Wildman–Crippen MR) is 224 cm³/mol. The van der Waals surface area contributed by atoms with Gasteiger partial charge in [-0.3, -0.25) is 29.0 Å². The van der Waals surface area contributed by atoms with Gasteiger partial charge in [-0.2, -0.15) is 4.98 Å². The smallest absolute Gasteiger partial charge is 0.326 e. The van der Waals surface area contributed by atoms with Crippen LogP contribution in [0.15, 0.2) is 83.8 Å². The number of nitrogens with one attached hydrogen (secondary N) is 4. The molecule has 61 heavy (non-hydrogen) atoms. The molecule has 3 aromatic carbocycles. The molecule has 1 aliphatic rings. The number of anilines is 3. The summed E-state index contributed by atoms with van der Waals surface area (Å²) in [5, 5.41) is 26.8. The van der Waals surface area contributed by atoms with Crippen molar-refractivity contribution in [1.29, 1.82) is 0 Å². The van der Waals surface area contributed by atoms with E-state index in [9.17, 15) is 33.9 Å². The number of ketones is 1. The molecule has 0 aliphatic carbocycles. The third kappa shape index (κ3) is 9.73. The minimum Gasteiger partial charge on any atom is -0.480 e. The van der Waals surface area contributed by atoms with Gasteiger partial charge in [0.15, 0.2) is 11.2 Å². The van der Waals surface area contributed by atoms with Crippen LogP contribution in [-0.2, 0) is 39.3 Å². The minimum absolute atomic E-state index is 0.0428. The Morgan fingerprint density at radius 3 is 2.46 bits per heavy atom. The molecule has 19 nitrogen and oxygen atoms in total. The lowest BCUT2D eigenvalue weighted by molar-refractivity contribution is -0.139. The average Bonchev–Trinajstić information content (AvgIpc) is 3.63. The number of para-hydroxylation sites is 1. The van der Waals surface area contributed by atoms with Crippen molar-refractivity contribution in [2.24, 2.45) is 7.05 Å². The number of nitrogen functional groups attached to an aromatic ring is 1. The Morgan fingerprint density at radius 2 is 1.67 bits per heavy atom. The Bertz CT molecular complexity index is 2700. The number of aryl methyl sites for hydroxylation is 1. The van der Waals surface area contributed by atoms with Crippen LogP contribution in [0.3, 0.4) is 0 Å². The summed E-state index contributed by atoms with van der Waals surface area (Å²) in [6, 6.07) is 20.2. The van der Waals surface area contributed by atoms with Crippen molar-refractivity contribution in [3.8, 4) is 22.5 Å². The average molecular weight is 827 g/mol. The number of carbonyl (C=O) groups excluding carboxylic acids is 4. The summed E-state index contributed by atoms with van der Waals surface area (Å²) in [5.41, 5.74) is 11.3. The third-order valence-electron chi connectivity index (χ3n) is 10.1. The second-order valence-corrected chi connectivity index (χ2v) is 14.4. The predicted octanol–water partition coefficient (Wildman–Crippen LogP) is 3.13. The standard InChI is InChI=1S/C42H42N12O7/c1-53-37-29-9-3-2-7-25(29)23-54(32-11-5-4-10-30(32)35(37)51-52-53)34(57)19-18-33(56)44-20-6-8-28(55)16-17-31(41(60)61)48-39(58)24-12-14-26(15-13-24)45-21-27-22-46-38-36(47-27)40(59)50-42(43)49-38/h2-5,7,9-15,22,31,45H,6,8,16-21,23H2,1H3,(H,44,56)(H,48,58)(H,60,61)(H3,43,46,49,50,59)/t31-/m0/s1. The highest BCUT2D eigenvalue weighted by atomic mass is 16.4. The number of benzene rings is 3. The number of Topliss-reactive ketones (excluding diaryl/α,β-unsaturated/α-hetero) is 1. The van der Waals surface area contributed by atoms with E-state index < -0.39 is 23.5 Å². The molecule has 19 heteroatoms. The van der Waals surface area contributed by atoms with Crippen LogP contribution >= 0.6 is 0 Å². The Morgan fingerprint density at radius 1 is 0.918 bits per heavy atom. The highest BCUT2D eigenvalue weighted by Crippen LogP contribution is 2.40. The number of rotatable bonds is 16. The number of nitrogens with two attached hydrogens (primary N) is 1. The van der Waals surface area contributed by atoms with Crippen LogP contribution in [0, 0.1) is 0 Å². The molecule has 0 fully saturated rings. The molecule has 0 saturated carbocycles. The minimum atomic E-state index is -1.30. The first kappa shape index (κ1) is 41.3. The van der Waals surface area contributed by atoms with E-state index in [4.69, 9.17) is 5.73 Å². The molecule has 3 aromatic heterocycles. The molecular weight excluding hydrogens is 785 g/mol. The van der Waals surface area contributed by atoms with Crippen molar-refractivity contribution in [3.05, 3.63) is 106 Å². The molecule has 0 saturated heterocycles. The molecule has 6 aromatic rings. The van der Waals surface area contributed by atoms with Gasteiger partial charge in [-0.25, -0.2) is 19.4 Å². The maximum atomic E-state index is 13.7. The van der Waals surface area contributed by atoms with Crippen molar-refractivity contribution in [1.82, 2.24) is 45.6 Å². The van der Waals surface area contributed by atoms with E-state index in [0.29, 0.717) is 35.7 Å². The van der Waals surface area contributed by atoms with Crippen molar-refractivity contribution in [3.63, 3.8) is 0 Å². The SMILES string of the molecule is Cn1nnc2c1-c1ccccc1CN(C(=O)CCC(=O)NCCCC(=O)CC[C@H](NC(=O)c1ccc(NCc3cnc4nc(N)[nH]c(=O)c4n3)cc1)C(=O)O)c1ccccc1-2. The highest BCUT2D eigenvalue weighted by molar-refractivity contribution is 6.01. The molecule has 4 heterocycles. The van der Waals surface area contributed by atoms with Crippen LogP contribution in [0.25, 0.3) is 33.7 Å². The summed E-state index contributed by atoms with van der Waals surface area (Å²) >= 11 is 0. The van der Waals surface area contributed by atoms with Gasteiger partial charge in [0, 0.05) is 61.7 Å². The molecular formula is C42H42N12O7. The lowest BCUT2D eigenvalue weighted by Crippen LogP contribution is -2.41. The monoisotopic (exact) mass is 826 g/mol. The summed E-state index contributed by atoms with van der Waals surface area (Å²) < 4.78 is 1.73. The lowest BCUT2D eigenvalue weighted by Gasteiger charge is -2.28. The number of H-pyrrole nitrogens is 1. The molecule has 0 unspecified atom stereocenters. The first-order valence-electron chi connectivity index (χ1n) is 19.5. The van der Waals surface area contributed by atoms with Gasteiger partial charge in [-0.15, -0.1) is 5.10 Å². The zero-order chi connectivity index (χ0) is 43.0. The summed E-state index contributed by atoms with van der Waals surface area (Å²) in [5.74, 6) is -2.76. The lowest BCUT2D eigenvalue weighted by atomic mass is 9.95. The second kappa shape index (κ2) is 18.4. The van der Waals surface area contributed by atoms with Crippen molar-refractivity contribution in [2.75, 3.05) is 22.5 Å². The van der Waals surface area contributed by atoms with Crippen LogP contribution in [0.4, 0.5) is 17.3 Å². The fourth-order valence-corrected chi connectivity index (χ4v) is 6.99. The zero-order valence-electron chi connectivity index (χ0n) is 33.1. The summed E-state index contributed by atoms with van der Waals surface area (Å²) in [6.45, 7) is 0.698. The molecule has 3 amide bonds. The number of fused-ring (bicyclic) bond motifs is 6. The number of carboxylic acid groups (broad SMARTS) is 1. The normalized spacial score (nSPS) is 12.2. The van der Waals surface area contributed by atoms with Gasteiger partial charge >= 0.3 is 5.97 Å². The first-order chi connectivity index (χ1) is 29.4. The molecule has 312 valence electrons. The number of aromatic nitrogens is 7. The summed E-state index contributed by atoms with van der Waals surface area (Å²) in [7, 11) is 1.83. The second-order valence-electron chi connectivity index (χ2n) is 14.4. The fourth-order valence-electron chi connectivity index (χ4n) is 6.99. The number of aromatic amines is 1. The van der Waals surface area contributed by atoms with E-state index in [1.54, 1.807) is 21.7 Å². The topological polar surface area (TPSA) is 273 Å². The fraction of sp³-hybridized carbons (Fsp3) is 0.262. The number of carboxylic acids is 1. The summed E-state index contributed by atoms with van der Waals surface area (Å²) in [4.78, 5) is 92.5. The number of aliphatic carboxylic acids is 1. The number of hydrogen-bond donors (Lipinski definition) is 6. The van der Waals surface area contributed by atoms with Gasteiger partial charge < -0.3 is 31.7 Å². The van der Waals surface area contributed by atoms with E-state index in [2.05, 4.69) is 46.2 Å². The van der Waals surface area contributed by atoms with Crippen LogP contribution in [0.1, 0.15) is 60.1 Å². The van der Waals surface area contributed by atoms with Gasteiger partial charge in [-0.1, -0.05) is 47.7 Å². The van der Waals surface area contributed by atoms with Gasteiger partial charge in [0.25, 0.3) is 11.5 Å². The molecule has 7 N–H and O–H groups in total. The van der Waals surface area contributed by atoms with Crippen LogP contribution in [0.5, 0.6) is 0 Å². The Kier molecular flexibility index (Phi) is 12.5. The van der Waals surface area contributed by atoms with Crippen molar-refractivity contribution < 1.29 is 29.1 Å². The number of nitrogens with zero attached hydrogens (tertiary/aromatic N) is 7. The van der Waals surface area contributed by atoms with Crippen LogP contribution in [-0.4, -0.2) is 82.1 Å². The van der Waals surface area contributed by atoms with Gasteiger partial charge in [-0.05, 0) is 48.7 Å². The molecule has 1 atom stereocenters. The maximum Gasteiger partial charge on any atom is 0.326 e. The van der Waals surface area contributed by atoms with Crippen LogP contribution < -0.4 is 32.1 Å². The largest absolute Gasteiger partial charge is 0.480 e. The van der Waals surface area contributed by atoms with Gasteiger partial charge in [0.05, 0.1) is 36.4 Å². The number of carbonyl (C=O) groups is 5. The van der Waals surface area contributed by atoms with Crippen molar-refractivity contribution in [2.45, 2.75) is 57.7 Å². The molecule has 0 bridgehead atoms. The number of amides is 3. The van der Waals surface area contributed by atoms with E-state index >= 15 is 0 Å². The van der Waals surface area contributed by atoms with E-state index in [1.165, 1.54) is 18.3 Å². The summed E-state index contributed by atoms with van der Waals surface area (Å²) in [6.07, 6.45) is 1.56. The molecule has 0 spiro atoms. The Hall–Kier alpha value is -7.83. The highest BCUT2D eigenvalue weighted by Gasteiger charge is 2.29. The quantitative estimate of drug-likeness (QED) is 0.0766. The molecule has 0 radical (unpaired) electrons. The van der Waals surface area contributed by atoms with E-state index in [0.717, 1.165) is 22.4 Å². The zero-order valence-corrected chi connectivity index (χ0v) is 33.1. The van der Waals surface area contributed by atoms with Crippen molar-refractivity contribution >= 4 is 58.0 Å². The van der Waals surface area contributed by atoms with E-state index in [1.807, 2.05) is 55.6 Å². The molecule has 1 aliphatic heterocycles. The Labute approximate surface area is 347 Å². The van der Waals surface area contributed by atoms with Gasteiger partial charge in [0.2, 0.25) is 17.8 Å². The van der Waals surface area contributed by atoms with Crippen LogP contribution in [0.2, 0.25) is 0 Å². The molecule has 7 rings (SSSR count). The van der Waals surface area contributed by atoms with E-state index in [-0.39, 0.29) is 85.5 Å². The Balaban J connectivity index is 0.832. The number of hydrogen-bond acceptors (Lipinski definition) is 13. The third-order valence-corrected chi connectivity index (χ3v) is 10.1. The van der Waals surface area contributed by atoms with Gasteiger partial charge in [0.1, 0.15) is 17.5 Å². The maximum absolute atomic E-state index is 13.7.